The van der Waals surface area contributed by atoms with Gasteiger partial charge in [-0.15, -0.1) is 0 Å². The van der Waals surface area contributed by atoms with Crippen LogP contribution in [0.15, 0.2) is 42.5 Å². The first-order chi connectivity index (χ1) is 9.49. The van der Waals surface area contributed by atoms with E-state index in [4.69, 9.17) is 23.2 Å². The Bertz CT molecular complexity index is 644. The normalized spacial score (nSPS) is 11.9. The third kappa shape index (κ3) is 3.24. The molecule has 0 spiro atoms. The molecule has 0 bridgehead atoms. The van der Waals surface area contributed by atoms with Crippen LogP contribution >= 0.6 is 23.2 Å². The van der Waals surface area contributed by atoms with Crippen LogP contribution in [0.25, 0.3) is 0 Å². The van der Waals surface area contributed by atoms with E-state index in [2.05, 4.69) is 5.32 Å². The molecule has 1 atom stereocenters. The number of anilines is 1. The lowest BCUT2D eigenvalue weighted by molar-refractivity contribution is -0.138. The smallest absolute Gasteiger partial charge is 0.330 e. The third-order valence-electron chi connectivity index (χ3n) is 2.97. The Morgan fingerprint density at radius 2 is 1.90 bits per heavy atom. The van der Waals surface area contributed by atoms with Crippen LogP contribution in [0.5, 0.6) is 0 Å². The minimum absolute atomic E-state index is 0.325. The Balaban J connectivity index is 2.37. The second-order valence-electron chi connectivity index (χ2n) is 4.40. The quantitative estimate of drug-likeness (QED) is 0.871. The summed E-state index contributed by atoms with van der Waals surface area (Å²) in [6.45, 7) is 1.91. The zero-order chi connectivity index (χ0) is 14.7. The van der Waals surface area contributed by atoms with Crippen LogP contribution in [-0.4, -0.2) is 11.1 Å². The molecule has 2 rings (SSSR count). The molecule has 5 heteroatoms. The third-order valence-corrected chi connectivity index (χ3v) is 3.53. The van der Waals surface area contributed by atoms with Gasteiger partial charge in [-0.2, -0.15) is 0 Å². The van der Waals surface area contributed by atoms with Crippen molar-refractivity contribution in [2.45, 2.75) is 13.0 Å². The molecule has 0 aliphatic heterocycles. The zero-order valence-electron chi connectivity index (χ0n) is 10.7. The van der Waals surface area contributed by atoms with Crippen LogP contribution in [0.2, 0.25) is 10.0 Å². The number of carbonyl (C=O) groups is 1. The number of carboxylic acid groups (broad SMARTS) is 1. The standard InChI is InChI=1S/C15H13Cl2NO2/c1-9-4-2-3-5-13(9)18-14(15(19)20)11-7-6-10(16)8-12(11)17/h2-8,14,18H,1H3,(H,19,20). The molecule has 0 heterocycles. The number of para-hydroxylation sites is 1. The van der Waals surface area contributed by atoms with E-state index >= 15 is 0 Å². The predicted molar refractivity (Wildman–Crippen MR) is 81.6 cm³/mol. The van der Waals surface area contributed by atoms with Crippen LogP contribution in [0.1, 0.15) is 17.2 Å². The largest absolute Gasteiger partial charge is 0.479 e. The number of nitrogens with one attached hydrogen (secondary N) is 1. The highest BCUT2D eigenvalue weighted by Crippen LogP contribution is 2.29. The van der Waals surface area contributed by atoms with E-state index in [9.17, 15) is 9.90 Å². The summed E-state index contributed by atoms with van der Waals surface area (Å²) in [7, 11) is 0. The zero-order valence-corrected chi connectivity index (χ0v) is 12.2. The summed E-state index contributed by atoms with van der Waals surface area (Å²) in [5, 5.41) is 13.2. The lowest BCUT2D eigenvalue weighted by Crippen LogP contribution is -2.21. The van der Waals surface area contributed by atoms with E-state index in [0.29, 0.717) is 15.6 Å². The Morgan fingerprint density at radius 1 is 1.20 bits per heavy atom. The molecular weight excluding hydrogens is 297 g/mol. The second-order valence-corrected chi connectivity index (χ2v) is 5.24. The molecule has 0 aromatic heterocycles. The molecule has 1 unspecified atom stereocenters. The topological polar surface area (TPSA) is 49.3 Å². The summed E-state index contributed by atoms with van der Waals surface area (Å²) >= 11 is 11.9. The van der Waals surface area contributed by atoms with E-state index in [-0.39, 0.29) is 0 Å². The number of aryl methyl sites for hydroxylation is 1. The maximum Gasteiger partial charge on any atom is 0.330 e. The molecule has 2 N–H and O–H groups in total. The van der Waals surface area contributed by atoms with Crippen molar-refractivity contribution in [3.8, 4) is 0 Å². The summed E-state index contributed by atoms with van der Waals surface area (Å²) in [5.74, 6) is -1.00. The Morgan fingerprint density at radius 3 is 2.50 bits per heavy atom. The Hall–Kier alpha value is -1.71. The highest BCUT2D eigenvalue weighted by molar-refractivity contribution is 6.35. The number of carboxylic acids is 1. The van der Waals surface area contributed by atoms with Gasteiger partial charge in [-0.05, 0) is 30.7 Å². The van der Waals surface area contributed by atoms with E-state index < -0.39 is 12.0 Å². The summed E-state index contributed by atoms with van der Waals surface area (Å²) in [4.78, 5) is 11.5. The molecule has 0 aliphatic rings. The fraction of sp³-hybridized carbons (Fsp3) is 0.133. The van der Waals surface area contributed by atoms with Crippen molar-refractivity contribution < 1.29 is 9.90 Å². The molecule has 0 radical (unpaired) electrons. The molecular formula is C15H13Cl2NO2. The van der Waals surface area contributed by atoms with Gasteiger partial charge in [0.05, 0.1) is 0 Å². The van der Waals surface area contributed by atoms with Gasteiger partial charge in [-0.3, -0.25) is 0 Å². The number of benzene rings is 2. The highest BCUT2D eigenvalue weighted by atomic mass is 35.5. The molecule has 0 fully saturated rings. The van der Waals surface area contributed by atoms with Gasteiger partial charge >= 0.3 is 5.97 Å². The molecule has 3 nitrogen and oxygen atoms in total. The van der Waals surface area contributed by atoms with Gasteiger partial charge in [0.25, 0.3) is 0 Å². The van der Waals surface area contributed by atoms with Crippen molar-refractivity contribution in [2.24, 2.45) is 0 Å². The molecule has 2 aromatic carbocycles. The fourth-order valence-corrected chi connectivity index (χ4v) is 2.42. The van der Waals surface area contributed by atoms with Crippen molar-refractivity contribution in [3.63, 3.8) is 0 Å². The number of rotatable bonds is 4. The SMILES string of the molecule is Cc1ccccc1NC(C(=O)O)c1ccc(Cl)cc1Cl. The van der Waals surface area contributed by atoms with Crippen molar-refractivity contribution in [1.29, 1.82) is 0 Å². The molecule has 0 saturated carbocycles. The number of halogens is 2. The fourth-order valence-electron chi connectivity index (χ4n) is 1.90. The van der Waals surface area contributed by atoms with Crippen molar-refractivity contribution >= 4 is 34.9 Å². The van der Waals surface area contributed by atoms with Gasteiger partial charge in [0.2, 0.25) is 0 Å². The van der Waals surface area contributed by atoms with Crippen molar-refractivity contribution in [2.75, 3.05) is 5.32 Å². The first kappa shape index (κ1) is 14.7. The van der Waals surface area contributed by atoms with Crippen LogP contribution < -0.4 is 5.32 Å². The molecule has 0 amide bonds. The number of aliphatic carboxylic acids is 1. The number of hydrogen-bond acceptors (Lipinski definition) is 2. The summed E-state index contributed by atoms with van der Waals surface area (Å²) in [5.41, 5.74) is 2.20. The maximum absolute atomic E-state index is 11.5. The molecule has 20 heavy (non-hydrogen) atoms. The maximum atomic E-state index is 11.5. The average molecular weight is 310 g/mol. The number of hydrogen-bond donors (Lipinski definition) is 2. The van der Waals surface area contributed by atoms with Crippen LogP contribution in [0.3, 0.4) is 0 Å². The lowest BCUT2D eigenvalue weighted by atomic mass is 10.1. The summed E-state index contributed by atoms with van der Waals surface area (Å²) < 4.78 is 0. The first-order valence-corrected chi connectivity index (χ1v) is 6.74. The van der Waals surface area contributed by atoms with E-state index in [1.54, 1.807) is 12.1 Å². The Labute approximate surface area is 127 Å². The van der Waals surface area contributed by atoms with Crippen LogP contribution in [-0.2, 0) is 4.79 Å². The van der Waals surface area contributed by atoms with E-state index in [0.717, 1.165) is 11.3 Å². The van der Waals surface area contributed by atoms with Crippen LogP contribution in [0, 0.1) is 6.92 Å². The molecule has 0 saturated heterocycles. The highest BCUT2D eigenvalue weighted by Gasteiger charge is 2.22. The van der Waals surface area contributed by atoms with Gasteiger partial charge in [0.1, 0.15) is 0 Å². The first-order valence-electron chi connectivity index (χ1n) is 5.99. The van der Waals surface area contributed by atoms with Crippen LogP contribution in [0.4, 0.5) is 5.69 Å². The predicted octanol–water partition coefficient (Wildman–Crippen LogP) is 4.54. The molecule has 0 aliphatic carbocycles. The summed E-state index contributed by atoms with van der Waals surface area (Å²) in [6.07, 6.45) is 0. The Kier molecular flexibility index (Phi) is 4.53. The van der Waals surface area contributed by atoms with Gasteiger partial charge in [0, 0.05) is 21.3 Å². The lowest BCUT2D eigenvalue weighted by Gasteiger charge is -2.19. The van der Waals surface area contributed by atoms with E-state index in [1.165, 1.54) is 6.07 Å². The average Bonchev–Trinajstić information content (AvgIpc) is 2.38. The molecule has 2 aromatic rings. The minimum atomic E-state index is -1.00. The minimum Gasteiger partial charge on any atom is -0.479 e. The van der Waals surface area contributed by atoms with Gasteiger partial charge in [-0.25, -0.2) is 4.79 Å². The van der Waals surface area contributed by atoms with Gasteiger partial charge in [0.15, 0.2) is 6.04 Å². The summed E-state index contributed by atoms with van der Waals surface area (Å²) in [6, 6.07) is 11.3. The van der Waals surface area contributed by atoms with E-state index in [1.807, 2.05) is 31.2 Å². The van der Waals surface area contributed by atoms with Crippen molar-refractivity contribution in [1.82, 2.24) is 0 Å². The molecule has 104 valence electrons. The van der Waals surface area contributed by atoms with Crippen molar-refractivity contribution in [3.05, 3.63) is 63.6 Å². The van der Waals surface area contributed by atoms with Gasteiger partial charge in [-0.1, -0.05) is 47.5 Å². The van der Waals surface area contributed by atoms with Gasteiger partial charge < -0.3 is 10.4 Å². The monoisotopic (exact) mass is 309 g/mol. The second kappa shape index (κ2) is 6.16.